The largest absolute Gasteiger partial charge is 1.00 e. The second-order valence-electron chi connectivity index (χ2n) is 5.77. The Kier molecular flexibility index (Phi) is 7.49. The van der Waals surface area contributed by atoms with Crippen LogP contribution in [0, 0.1) is 0 Å². The summed E-state index contributed by atoms with van der Waals surface area (Å²) in [5.74, 6) is 0. The molecule has 1 aliphatic rings. The van der Waals surface area contributed by atoms with Gasteiger partial charge in [0.25, 0.3) is 0 Å². The summed E-state index contributed by atoms with van der Waals surface area (Å²) in [6.45, 7) is 3.92. The van der Waals surface area contributed by atoms with Gasteiger partial charge < -0.3 is 33.4 Å². The molecule has 0 unspecified atom stereocenters. The van der Waals surface area contributed by atoms with Gasteiger partial charge in [0, 0.05) is 18.7 Å². The molecule has 0 radical (unpaired) electrons. The molecule has 1 fully saturated rings. The predicted octanol–water partition coefficient (Wildman–Crippen LogP) is 0.632. The molecule has 1 aromatic rings. The molecule has 0 amide bonds. The monoisotopic (exact) mass is 416 g/mol. The van der Waals surface area contributed by atoms with E-state index in [1.165, 1.54) is 12.1 Å². The van der Waals surface area contributed by atoms with Gasteiger partial charge in [-0.2, -0.15) is 13.2 Å². The van der Waals surface area contributed by atoms with Crippen molar-refractivity contribution in [3.63, 3.8) is 0 Å². The van der Waals surface area contributed by atoms with E-state index in [-0.39, 0.29) is 31.4 Å². The number of anilines is 1. The van der Waals surface area contributed by atoms with E-state index in [9.17, 15) is 13.2 Å². The molecule has 0 spiro atoms. The van der Waals surface area contributed by atoms with Gasteiger partial charge in [-0.15, -0.1) is 0 Å². The number of likely N-dealkylation sites (N-methyl/N-ethyl adjacent to an activating group) is 1. The summed E-state index contributed by atoms with van der Waals surface area (Å²) >= 11 is 0. The van der Waals surface area contributed by atoms with Crippen molar-refractivity contribution in [1.82, 2.24) is 0 Å². The van der Waals surface area contributed by atoms with Crippen molar-refractivity contribution in [3.8, 4) is 0 Å². The number of halogens is 4. The van der Waals surface area contributed by atoms with Crippen LogP contribution in [0.15, 0.2) is 24.3 Å². The molecule has 2 nitrogen and oxygen atoms in total. The van der Waals surface area contributed by atoms with Gasteiger partial charge in [-0.25, -0.2) is 0 Å². The summed E-state index contributed by atoms with van der Waals surface area (Å²) in [6, 6.07) is 5.49. The van der Waals surface area contributed by atoms with E-state index in [0.717, 1.165) is 42.8 Å². The van der Waals surface area contributed by atoms with Gasteiger partial charge >= 0.3 is 6.18 Å². The van der Waals surface area contributed by atoms with Crippen LogP contribution < -0.4 is 28.9 Å². The Bertz CT molecular complexity index is 430. The average Bonchev–Trinajstić information content (AvgIpc) is 2.49. The molecule has 0 aromatic heterocycles. The highest BCUT2D eigenvalue weighted by atomic mass is 127. The molecule has 0 atom stereocenters. The Morgan fingerprint density at radius 2 is 1.57 bits per heavy atom. The number of rotatable bonds is 1. The fourth-order valence-electron chi connectivity index (χ4n) is 2.42. The number of quaternary nitrogens is 1. The molecule has 0 saturated carbocycles. The predicted molar refractivity (Wildman–Crippen MR) is 76.8 cm³/mol. The summed E-state index contributed by atoms with van der Waals surface area (Å²) in [5.41, 5.74) is 0.303. The maximum absolute atomic E-state index is 12.5. The minimum atomic E-state index is -4.25. The molecule has 1 saturated heterocycles. The Morgan fingerprint density at radius 1 is 1.00 bits per heavy atom. The first-order valence-corrected chi connectivity index (χ1v) is 6.52. The Hall–Kier alpha value is -0.500. The van der Waals surface area contributed by atoms with Gasteiger partial charge in [-0.3, -0.25) is 0 Å². The molecule has 1 aromatic carbocycles. The zero-order valence-corrected chi connectivity index (χ0v) is 13.9. The van der Waals surface area contributed by atoms with E-state index in [1.807, 2.05) is 0 Å². The molecular formula is C15H24F3IN2. The fourth-order valence-corrected chi connectivity index (χ4v) is 2.42. The number of benzene rings is 1. The van der Waals surface area contributed by atoms with Gasteiger partial charge in [0.2, 0.25) is 0 Å². The number of alkyl halides is 3. The Balaban J connectivity index is 0.00000200. The van der Waals surface area contributed by atoms with Crippen molar-refractivity contribution < 1.29 is 41.6 Å². The van der Waals surface area contributed by atoms with Crippen molar-refractivity contribution in [1.29, 1.82) is 0 Å². The van der Waals surface area contributed by atoms with E-state index in [2.05, 4.69) is 19.0 Å². The van der Waals surface area contributed by atoms with Crippen LogP contribution in [0.2, 0.25) is 0 Å². The third kappa shape index (κ3) is 5.65. The van der Waals surface area contributed by atoms with Gasteiger partial charge in [-0.1, -0.05) is 7.43 Å². The standard InChI is InChI=1S/C14H20F3N2.CH4.HI/c1-19(2)10-3-8-18(9-11-19)13-6-4-12(5-7-13)14(15,16)17;;/h4-7H,3,8-11H2,1-2H3;1H4;1H/q+1;;/p-1. The van der Waals surface area contributed by atoms with Crippen LogP contribution in [0.3, 0.4) is 0 Å². The van der Waals surface area contributed by atoms with E-state index in [1.54, 1.807) is 12.1 Å². The Labute approximate surface area is 142 Å². The maximum atomic E-state index is 12.5. The topological polar surface area (TPSA) is 3.24 Å². The first-order valence-electron chi connectivity index (χ1n) is 6.52. The van der Waals surface area contributed by atoms with Gasteiger partial charge in [-0.05, 0) is 24.3 Å². The van der Waals surface area contributed by atoms with E-state index in [4.69, 9.17) is 0 Å². The fraction of sp³-hybridized carbons (Fsp3) is 0.600. The van der Waals surface area contributed by atoms with Crippen LogP contribution >= 0.6 is 0 Å². The molecule has 1 aliphatic heterocycles. The first kappa shape index (κ1) is 20.5. The molecule has 0 N–H and O–H groups in total. The van der Waals surface area contributed by atoms with Crippen molar-refractivity contribution >= 4 is 5.69 Å². The lowest BCUT2D eigenvalue weighted by Gasteiger charge is -2.28. The van der Waals surface area contributed by atoms with Crippen LogP contribution in [0.5, 0.6) is 0 Å². The minimum Gasteiger partial charge on any atom is -1.00 e. The highest BCUT2D eigenvalue weighted by molar-refractivity contribution is 5.48. The van der Waals surface area contributed by atoms with Crippen LogP contribution in [0.4, 0.5) is 18.9 Å². The second kappa shape index (κ2) is 7.67. The average molecular weight is 416 g/mol. The highest BCUT2D eigenvalue weighted by Crippen LogP contribution is 2.30. The molecule has 0 bridgehead atoms. The van der Waals surface area contributed by atoms with Crippen LogP contribution in [-0.4, -0.2) is 44.8 Å². The number of hydrogen-bond donors (Lipinski definition) is 0. The zero-order chi connectivity index (χ0) is 14.1. The van der Waals surface area contributed by atoms with Crippen LogP contribution in [0.25, 0.3) is 0 Å². The van der Waals surface area contributed by atoms with E-state index < -0.39 is 11.7 Å². The maximum Gasteiger partial charge on any atom is 0.416 e. The zero-order valence-electron chi connectivity index (χ0n) is 11.8. The van der Waals surface area contributed by atoms with Crippen molar-refractivity contribution in [2.75, 3.05) is 45.2 Å². The SMILES string of the molecule is C.C[N+]1(C)CCCN(c2ccc(C(F)(F)F)cc2)CC1.[I-]. The second-order valence-corrected chi connectivity index (χ2v) is 5.77. The number of hydrogen-bond acceptors (Lipinski definition) is 1. The summed E-state index contributed by atoms with van der Waals surface area (Å²) < 4.78 is 38.5. The summed E-state index contributed by atoms with van der Waals surface area (Å²) in [7, 11) is 4.38. The molecule has 21 heavy (non-hydrogen) atoms. The van der Waals surface area contributed by atoms with Crippen molar-refractivity contribution in [2.45, 2.75) is 20.0 Å². The molecular weight excluding hydrogens is 392 g/mol. The summed E-state index contributed by atoms with van der Waals surface area (Å²) in [6.07, 6.45) is -3.19. The van der Waals surface area contributed by atoms with E-state index >= 15 is 0 Å². The van der Waals surface area contributed by atoms with Crippen molar-refractivity contribution in [3.05, 3.63) is 29.8 Å². The normalized spacial score (nSPS) is 18.2. The summed E-state index contributed by atoms with van der Waals surface area (Å²) in [5, 5.41) is 0. The van der Waals surface area contributed by atoms with Gasteiger partial charge in [0.1, 0.15) is 0 Å². The highest BCUT2D eigenvalue weighted by Gasteiger charge is 2.30. The number of nitrogens with zero attached hydrogens (tertiary/aromatic N) is 2. The molecule has 0 aliphatic carbocycles. The third-order valence-electron chi connectivity index (χ3n) is 3.73. The lowest BCUT2D eigenvalue weighted by molar-refractivity contribution is -0.887. The van der Waals surface area contributed by atoms with Gasteiger partial charge in [0.05, 0.1) is 39.3 Å². The Morgan fingerprint density at radius 3 is 2.10 bits per heavy atom. The quantitative estimate of drug-likeness (QED) is 0.480. The molecule has 2 rings (SSSR count). The lowest BCUT2D eigenvalue weighted by atomic mass is 10.2. The van der Waals surface area contributed by atoms with Crippen molar-refractivity contribution in [2.24, 2.45) is 0 Å². The minimum absolute atomic E-state index is 0. The first-order chi connectivity index (χ1) is 8.78. The molecule has 1 heterocycles. The third-order valence-corrected chi connectivity index (χ3v) is 3.73. The lowest BCUT2D eigenvalue weighted by Crippen LogP contribution is -3.00. The smallest absolute Gasteiger partial charge is 0.416 e. The molecule has 6 heteroatoms. The summed E-state index contributed by atoms with van der Waals surface area (Å²) in [4.78, 5) is 2.17. The van der Waals surface area contributed by atoms with Crippen LogP contribution in [0.1, 0.15) is 19.4 Å². The molecule has 122 valence electrons. The van der Waals surface area contributed by atoms with Gasteiger partial charge in [0.15, 0.2) is 0 Å². The van der Waals surface area contributed by atoms with Crippen LogP contribution in [-0.2, 0) is 6.18 Å². The van der Waals surface area contributed by atoms with E-state index in [0.29, 0.717) is 0 Å².